The zero-order valence-corrected chi connectivity index (χ0v) is 7.75. The standard InChI is InChI=1S/C10H13N3/c1-3-6-13-7(2)12-9(10(13)11)8-4-5-8/h1,8H,4-6,11H2,2H3. The summed E-state index contributed by atoms with van der Waals surface area (Å²) in [6, 6.07) is 0. The number of nitrogen functional groups attached to an aromatic ring is 1. The van der Waals surface area contributed by atoms with Gasteiger partial charge < -0.3 is 10.3 Å². The first-order valence-corrected chi connectivity index (χ1v) is 4.50. The van der Waals surface area contributed by atoms with Gasteiger partial charge in [-0.1, -0.05) is 5.92 Å². The van der Waals surface area contributed by atoms with Crippen LogP contribution in [0.4, 0.5) is 5.82 Å². The lowest BCUT2D eigenvalue weighted by Crippen LogP contribution is -2.03. The summed E-state index contributed by atoms with van der Waals surface area (Å²) in [5.41, 5.74) is 6.98. The van der Waals surface area contributed by atoms with Crippen LogP contribution in [0.2, 0.25) is 0 Å². The first-order valence-electron chi connectivity index (χ1n) is 4.50. The second kappa shape index (κ2) is 2.81. The predicted octanol–water partition coefficient (Wildman–Crippen LogP) is 1.28. The Hall–Kier alpha value is -1.43. The van der Waals surface area contributed by atoms with Gasteiger partial charge in [0.05, 0.1) is 12.2 Å². The van der Waals surface area contributed by atoms with Gasteiger partial charge in [0.1, 0.15) is 11.6 Å². The van der Waals surface area contributed by atoms with Crippen molar-refractivity contribution in [3.05, 3.63) is 11.5 Å². The number of hydrogen-bond acceptors (Lipinski definition) is 2. The molecule has 1 aromatic heterocycles. The van der Waals surface area contributed by atoms with E-state index >= 15 is 0 Å². The summed E-state index contributed by atoms with van der Waals surface area (Å²) in [6.45, 7) is 2.47. The molecular weight excluding hydrogens is 162 g/mol. The second-order valence-electron chi connectivity index (χ2n) is 3.49. The van der Waals surface area contributed by atoms with Crippen molar-refractivity contribution in [1.82, 2.24) is 9.55 Å². The molecule has 1 aliphatic carbocycles. The molecule has 1 saturated carbocycles. The monoisotopic (exact) mass is 175 g/mol. The maximum atomic E-state index is 5.94. The maximum Gasteiger partial charge on any atom is 0.127 e. The van der Waals surface area contributed by atoms with Crippen LogP contribution in [-0.4, -0.2) is 9.55 Å². The minimum atomic E-state index is 0.525. The van der Waals surface area contributed by atoms with Gasteiger partial charge in [-0.2, -0.15) is 0 Å². The minimum absolute atomic E-state index is 0.525. The van der Waals surface area contributed by atoms with Crippen LogP contribution in [0.5, 0.6) is 0 Å². The highest BCUT2D eigenvalue weighted by atomic mass is 15.1. The Morgan fingerprint density at radius 1 is 1.69 bits per heavy atom. The normalized spacial score (nSPS) is 15.7. The predicted molar refractivity (Wildman–Crippen MR) is 52.2 cm³/mol. The second-order valence-corrected chi connectivity index (χ2v) is 3.49. The molecule has 0 atom stereocenters. The molecule has 1 heterocycles. The van der Waals surface area contributed by atoms with Gasteiger partial charge in [0.25, 0.3) is 0 Å². The van der Waals surface area contributed by atoms with E-state index in [0.717, 1.165) is 17.3 Å². The van der Waals surface area contributed by atoms with E-state index in [4.69, 9.17) is 12.2 Å². The number of hydrogen-bond donors (Lipinski definition) is 1. The first kappa shape index (κ1) is 8.18. The largest absolute Gasteiger partial charge is 0.384 e. The Kier molecular flexibility index (Phi) is 1.77. The molecule has 1 fully saturated rings. The molecule has 1 aromatic rings. The van der Waals surface area contributed by atoms with Gasteiger partial charge in [0.2, 0.25) is 0 Å². The third-order valence-electron chi connectivity index (χ3n) is 2.44. The molecule has 68 valence electrons. The lowest BCUT2D eigenvalue weighted by Gasteiger charge is -2.01. The quantitative estimate of drug-likeness (QED) is 0.688. The number of aromatic nitrogens is 2. The number of terminal acetylenes is 1. The average Bonchev–Trinajstić information content (AvgIpc) is 2.88. The highest BCUT2D eigenvalue weighted by molar-refractivity contribution is 5.42. The Balaban J connectivity index is 2.39. The van der Waals surface area contributed by atoms with E-state index in [1.165, 1.54) is 12.8 Å². The van der Waals surface area contributed by atoms with Crippen LogP contribution < -0.4 is 5.73 Å². The SMILES string of the molecule is C#CCn1c(C)nc(C2CC2)c1N. The zero-order chi connectivity index (χ0) is 9.42. The minimum Gasteiger partial charge on any atom is -0.384 e. The molecule has 0 aromatic carbocycles. The molecule has 1 aliphatic rings. The van der Waals surface area contributed by atoms with E-state index < -0.39 is 0 Å². The van der Waals surface area contributed by atoms with Crippen molar-refractivity contribution in [3.63, 3.8) is 0 Å². The third kappa shape index (κ3) is 1.29. The Morgan fingerprint density at radius 2 is 2.38 bits per heavy atom. The van der Waals surface area contributed by atoms with Crippen molar-refractivity contribution >= 4 is 5.82 Å². The van der Waals surface area contributed by atoms with E-state index in [-0.39, 0.29) is 0 Å². The van der Waals surface area contributed by atoms with Crippen LogP contribution in [0.15, 0.2) is 0 Å². The third-order valence-corrected chi connectivity index (χ3v) is 2.44. The summed E-state index contributed by atoms with van der Waals surface area (Å²) in [5.74, 6) is 4.87. The van der Waals surface area contributed by atoms with E-state index in [2.05, 4.69) is 10.9 Å². The summed E-state index contributed by atoms with van der Waals surface area (Å²) in [6.07, 6.45) is 7.68. The molecule has 3 nitrogen and oxygen atoms in total. The summed E-state index contributed by atoms with van der Waals surface area (Å²) in [5, 5.41) is 0. The van der Waals surface area contributed by atoms with Gasteiger partial charge in [-0.3, -0.25) is 0 Å². The highest BCUT2D eigenvalue weighted by Gasteiger charge is 2.29. The van der Waals surface area contributed by atoms with Crippen LogP contribution in [0, 0.1) is 19.3 Å². The number of rotatable bonds is 2. The van der Waals surface area contributed by atoms with Crippen molar-refractivity contribution in [2.45, 2.75) is 32.2 Å². The van der Waals surface area contributed by atoms with Crippen LogP contribution >= 0.6 is 0 Å². The molecule has 13 heavy (non-hydrogen) atoms. The van der Waals surface area contributed by atoms with Crippen molar-refractivity contribution < 1.29 is 0 Å². The lowest BCUT2D eigenvalue weighted by atomic mass is 10.3. The molecule has 0 spiro atoms. The van der Waals surface area contributed by atoms with Gasteiger partial charge >= 0.3 is 0 Å². The van der Waals surface area contributed by atoms with Gasteiger partial charge in [-0.15, -0.1) is 6.42 Å². The smallest absolute Gasteiger partial charge is 0.127 e. The Morgan fingerprint density at radius 3 is 2.92 bits per heavy atom. The van der Waals surface area contributed by atoms with E-state index in [9.17, 15) is 0 Å². The van der Waals surface area contributed by atoms with Crippen molar-refractivity contribution in [2.75, 3.05) is 5.73 Å². The molecule has 0 amide bonds. The molecular formula is C10H13N3. The van der Waals surface area contributed by atoms with E-state index in [0.29, 0.717) is 12.5 Å². The maximum absolute atomic E-state index is 5.94. The Labute approximate surface area is 78.0 Å². The fraction of sp³-hybridized carbons (Fsp3) is 0.500. The summed E-state index contributed by atoms with van der Waals surface area (Å²) >= 11 is 0. The molecule has 2 N–H and O–H groups in total. The van der Waals surface area contributed by atoms with Crippen molar-refractivity contribution in [3.8, 4) is 12.3 Å². The topological polar surface area (TPSA) is 43.8 Å². The van der Waals surface area contributed by atoms with Gasteiger partial charge in [0.15, 0.2) is 0 Å². The number of anilines is 1. The van der Waals surface area contributed by atoms with Gasteiger partial charge in [-0.25, -0.2) is 4.98 Å². The van der Waals surface area contributed by atoms with Crippen LogP contribution in [0.3, 0.4) is 0 Å². The number of imidazole rings is 1. The molecule has 0 aliphatic heterocycles. The summed E-state index contributed by atoms with van der Waals surface area (Å²) in [7, 11) is 0. The summed E-state index contributed by atoms with van der Waals surface area (Å²) < 4.78 is 1.90. The average molecular weight is 175 g/mol. The van der Waals surface area contributed by atoms with Crippen LogP contribution in [0.25, 0.3) is 0 Å². The zero-order valence-electron chi connectivity index (χ0n) is 7.75. The molecule has 3 heteroatoms. The molecule has 2 rings (SSSR count). The molecule has 0 radical (unpaired) electrons. The fourth-order valence-corrected chi connectivity index (χ4v) is 1.55. The molecule has 0 bridgehead atoms. The molecule has 0 unspecified atom stereocenters. The number of nitrogens with zero attached hydrogens (tertiary/aromatic N) is 2. The number of nitrogens with two attached hydrogens (primary N) is 1. The Bertz CT molecular complexity index is 366. The van der Waals surface area contributed by atoms with Crippen molar-refractivity contribution in [1.29, 1.82) is 0 Å². The van der Waals surface area contributed by atoms with E-state index in [1.54, 1.807) is 0 Å². The number of aryl methyl sites for hydroxylation is 1. The van der Waals surface area contributed by atoms with Crippen molar-refractivity contribution in [2.24, 2.45) is 0 Å². The van der Waals surface area contributed by atoms with Crippen LogP contribution in [0.1, 0.15) is 30.3 Å². The highest BCUT2D eigenvalue weighted by Crippen LogP contribution is 2.42. The molecule has 0 saturated heterocycles. The van der Waals surface area contributed by atoms with Gasteiger partial charge in [0, 0.05) is 5.92 Å². The first-order chi connectivity index (χ1) is 6.24. The summed E-state index contributed by atoms with van der Waals surface area (Å²) in [4.78, 5) is 4.43. The van der Waals surface area contributed by atoms with Crippen LogP contribution in [-0.2, 0) is 6.54 Å². The fourth-order valence-electron chi connectivity index (χ4n) is 1.55. The lowest BCUT2D eigenvalue weighted by molar-refractivity contribution is 0.807. The van der Waals surface area contributed by atoms with E-state index in [1.807, 2.05) is 11.5 Å². The van der Waals surface area contributed by atoms with Gasteiger partial charge in [-0.05, 0) is 19.8 Å².